The van der Waals surface area contributed by atoms with E-state index < -0.39 is 6.09 Å². The lowest BCUT2D eigenvalue weighted by Gasteiger charge is -2.41. The summed E-state index contributed by atoms with van der Waals surface area (Å²) in [5.74, 6) is 3.84. The van der Waals surface area contributed by atoms with Gasteiger partial charge in [0.05, 0.1) is 5.69 Å². The molecule has 3 aliphatic heterocycles. The van der Waals surface area contributed by atoms with Gasteiger partial charge in [-0.15, -0.1) is 0 Å². The van der Waals surface area contributed by atoms with Crippen LogP contribution >= 0.6 is 11.6 Å². The number of ether oxygens (including phenoxy) is 1. The van der Waals surface area contributed by atoms with E-state index in [0.717, 1.165) is 23.1 Å². The van der Waals surface area contributed by atoms with Crippen LogP contribution in [0.25, 0.3) is 0 Å². The standard InChI is InChI=1S/C19H22ClN3O2/c1-21-19(24)25-14-2-3-15-16(9-14)22-18-12-5-10-4-11(6-12)8-13(7-10)23(18)17(15)20/h2-3,9-13,17H,4-8H2,1H3,(H,21,24). The second-order valence-electron chi connectivity index (χ2n) is 7.83. The number of hydrogen-bond donors (Lipinski definition) is 1. The maximum absolute atomic E-state index is 11.5. The number of amides is 1. The Morgan fingerprint density at radius 3 is 2.72 bits per heavy atom. The monoisotopic (exact) mass is 359 g/mol. The molecule has 1 aromatic rings. The third-order valence-corrected chi connectivity index (χ3v) is 6.73. The molecule has 0 spiro atoms. The minimum absolute atomic E-state index is 0.181. The normalized spacial score (nSPS) is 34.7. The smallest absolute Gasteiger partial charge is 0.410 e. The molecule has 25 heavy (non-hydrogen) atoms. The quantitative estimate of drug-likeness (QED) is 0.604. The summed E-state index contributed by atoms with van der Waals surface area (Å²) in [5, 5.41) is 2.46. The van der Waals surface area contributed by atoms with Gasteiger partial charge in [-0.3, -0.25) is 0 Å². The lowest BCUT2D eigenvalue weighted by molar-refractivity contribution is 0.126. The first-order valence-electron chi connectivity index (χ1n) is 9.17. The van der Waals surface area contributed by atoms with Gasteiger partial charge >= 0.3 is 6.09 Å². The predicted octanol–water partition coefficient (Wildman–Crippen LogP) is 4.20. The SMILES string of the molecule is CNC(=O)Oc1ccc2c(c1)N=C1C3CC4CC(C3)CC(C4)N1C2Cl. The van der Waals surface area contributed by atoms with E-state index in [2.05, 4.69) is 10.2 Å². The van der Waals surface area contributed by atoms with Crippen molar-refractivity contribution in [1.29, 1.82) is 0 Å². The number of fused-ring (bicyclic) bond motifs is 1. The van der Waals surface area contributed by atoms with Crippen molar-refractivity contribution in [3.8, 4) is 5.75 Å². The van der Waals surface area contributed by atoms with Crippen LogP contribution in [0.4, 0.5) is 10.5 Å². The molecule has 4 fully saturated rings. The first kappa shape index (κ1) is 15.5. The molecule has 0 aromatic heterocycles. The Hall–Kier alpha value is -1.75. The summed E-state index contributed by atoms with van der Waals surface area (Å²) in [6.07, 6.45) is 5.91. The van der Waals surface area contributed by atoms with Crippen LogP contribution in [0.3, 0.4) is 0 Å². The number of rotatable bonds is 1. The zero-order valence-electron chi connectivity index (χ0n) is 14.2. The molecule has 3 heterocycles. The molecule has 1 aromatic carbocycles. The van der Waals surface area contributed by atoms with Gasteiger partial charge in [0.1, 0.15) is 17.1 Å². The maximum atomic E-state index is 11.5. The van der Waals surface area contributed by atoms with Crippen LogP contribution in [0.1, 0.15) is 43.2 Å². The molecule has 2 saturated carbocycles. The van der Waals surface area contributed by atoms with Gasteiger partial charge in [0.25, 0.3) is 0 Å². The number of benzene rings is 1. The van der Waals surface area contributed by atoms with Crippen LogP contribution in [0.15, 0.2) is 23.2 Å². The topological polar surface area (TPSA) is 53.9 Å². The Morgan fingerprint density at radius 2 is 2.00 bits per heavy atom. The highest BCUT2D eigenvalue weighted by Gasteiger charge is 2.48. The first-order chi connectivity index (χ1) is 12.1. The van der Waals surface area contributed by atoms with E-state index in [0.29, 0.717) is 17.7 Å². The second kappa shape index (κ2) is 5.63. The van der Waals surface area contributed by atoms with Crippen LogP contribution < -0.4 is 10.1 Å². The second-order valence-corrected chi connectivity index (χ2v) is 8.25. The van der Waals surface area contributed by atoms with Crippen LogP contribution in [0.5, 0.6) is 5.75 Å². The van der Waals surface area contributed by atoms with Crippen molar-refractivity contribution >= 4 is 29.2 Å². The minimum Gasteiger partial charge on any atom is -0.410 e. The van der Waals surface area contributed by atoms with E-state index in [-0.39, 0.29) is 5.50 Å². The molecule has 3 atom stereocenters. The van der Waals surface area contributed by atoms with E-state index in [1.165, 1.54) is 37.9 Å². The van der Waals surface area contributed by atoms with Gasteiger partial charge in [-0.25, -0.2) is 9.79 Å². The minimum atomic E-state index is -0.474. The van der Waals surface area contributed by atoms with E-state index in [9.17, 15) is 4.79 Å². The molecule has 2 aliphatic carbocycles. The molecule has 5 nitrogen and oxygen atoms in total. The number of amidine groups is 1. The molecule has 6 rings (SSSR count). The molecule has 0 radical (unpaired) electrons. The van der Waals surface area contributed by atoms with Crippen molar-refractivity contribution in [3.05, 3.63) is 23.8 Å². The van der Waals surface area contributed by atoms with Crippen molar-refractivity contribution < 1.29 is 9.53 Å². The zero-order chi connectivity index (χ0) is 17.1. The molecule has 5 aliphatic rings. The van der Waals surface area contributed by atoms with Gasteiger partial charge in [0.2, 0.25) is 0 Å². The van der Waals surface area contributed by atoms with Crippen molar-refractivity contribution in [2.24, 2.45) is 22.7 Å². The molecule has 3 unspecified atom stereocenters. The Balaban J connectivity index is 1.56. The third kappa shape index (κ3) is 2.43. The number of aliphatic imine (C=N–C) groups is 1. The van der Waals surface area contributed by atoms with Gasteiger partial charge in [0.15, 0.2) is 0 Å². The summed E-state index contributed by atoms with van der Waals surface area (Å²) < 4.78 is 5.26. The van der Waals surface area contributed by atoms with Crippen LogP contribution in [-0.2, 0) is 0 Å². The highest BCUT2D eigenvalue weighted by atomic mass is 35.5. The number of hydrogen-bond acceptors (Lipinski definition) is 4. The fourth-order valence-corrected chi connectivity index (χ4v) is 5.86. The summed E-state index contributed by atoms with van der Waals surface area (Å²) in [6.45, 7) is 0. The van der Waals surface area contributed by atoms with Crippen molar-refractivity contribution in [3.63, 3.8) is 0 Å². The number of alkyl halides is 1. The average molecular weight is 360 g/mol. The Kier molecular flexibility index (Phi) is 3.49. The maximum Gasteiger partial charge on any atom is 0.412 e. The van der Waals surface area contributed by atoms with Gasteiger partial charge in [-0.05, 0) is 56.1 Å². The number of carbonyl (C=O) groups excluding carboxylic acids is 1. The van der Waals surface area contributed by atoms with Crippen LogP contribution in [-0.4, -0.2) is 29.9 Å². The fraction of sp³-hybridized carbons (Fsp3) is 0.579. The van der Waals surface area contributed by atoms with Crippen LogP contribution in [0.2, 0.25) is 0 Å². The summed E-state index contributed by atoms with van der Waals surface area (Å²) >= 11 is 6.93. The largest absolute Gasteiger partial charge is 0.412 e. The molecule has 1 amide bonds. The Morgan fingerprint density at radius 1 is 1.24 bits per heavy atom. The Labute approximate surface area is 152 Å². The summed E-state index contributed by atoms with van der Waals surface area (Å²) in [5.41, 5.74) is 1.67. The highest BCUT2D eigenvalue weighted by molar-refractivity contribution is 6.22. The highest BCUT2D eigenvalue weighted by Crippen LogP contribution is 2.53. The van der Waals surface area contributed by atoms with E-state index >= 15 is 0 Å². The molecule has 6 heteroatoms. The van der Waals surface area contributed by atoms with Gasteiger partial charge in [0, 0.05) is 30.6 Å². The lowest BCUT2D eigenvalue weighted by atomic mass is 9.68. The summed E-state index contributed by atoms with van der Waals surface area (Å²) in [4.78, 5) is 18.9. The van der Waals surface area contributed by atoms with Crippen LogP contribution in [0, 0.1) is 17.8 Å². The zero-order valence-corrected chi connectivity index (χ0v) is 15.0. The Bertz CT molecular complexity index is 751. The molecule has 132 valence electrons. The first-order valence-corrected chi connectivity index (χ1v) is 9.60. The van der Waals surface area contributed by atoms with Gasteiger partial charge in [-0.2, -0.15) is 0 Å². The molecule has 4 bridgehead atoms. The lowest BCUT2D eigenvalue weighted by Crippen LogP contribution is -2.43. The summed E-state index contributed by atoms with van der Waals surface area (Å²) in [7, 11) is 1.55. The third-order valence-electron chi connectivity index (χ3n) is 6.29. The van der Waals surface area contributed by atoms with Crippen molar-refractivity contribution in [2.75, 3.05) is 7.05 Å². The molecular weight excluding hydrogens is 338 g/mol. The van der Waals surface area contributed by atoms with E-state index in [4.69, 9.17) is 21.3 Å². The summed E-state index contributed by atoms with van der Waals surface area (Å²) in [6, 6.07) is 6.10. The molecular formula is C19H22ClN3O2. The number of halogens is 1. The van der Waals surface area contributed by atoms with Gasteiger partial charge < -0.3 is 15.0 Å². The fourth-order valence-electron chi connectivity index (χ4n) is 5.42. The van der Waals surface area contributed by atoms with E-state index in [1.54, 1.807) is 13.1 Å². The number of carbonyl (C=O) groups is 1. The number of nitrogens with one attached hydrogen (secondary N) is 1. The predicted molar refractivity (Wildman–Crippen MR) is 96.4 cm³/mol. The van der Waals surface area contributed by atoms with Gasteiger partial charge in [-0.1, -0.05) is 11.6 Å². The van der Waals surface area contributed by atoms with Crippen molar-refractivity contribution in [2.45, 2.75) is 43.6 Å². The number of nitrogens with zero attached hydrogens (tertiary/aromatic N) is 2. The average Bonchev–Trinajstić information content (AvgIpc) is 2.76. The van der Waals surface area contributed by atoms with E-state index in [1.807, 2.05) is 12.1 Å². The molecule has 2 saturated heterocycles. The van der Waals surface area contributed by atoms with Crippen molar-refractivity contribution in [1.82, 2.24) is 10.2 Å². The molecule has 1 N–H and O–H groups in total.